The average molecular weight is 332 g/mol. The van der Waals surface area contributed by atoms with Crippen LogP contribution in [0.4, 0.5) is 9.52 Å². The fraction of sp³-hybridized carbons (Fsp3) is 0.444. The van der Waals surface area contributed by atoms with Crippen molar-refractivity contribution >= 4 is 22.4 Å². The van der Waals surface area contributed by atoms with E-state index in [2.05, 4.69) is 24.1 Å². The van der Waals surface area contributed by atoms with Crippen LogP contribution in [0.25, 0.3) is 0 Å². The third-order valence-corrected chi connectivity index (χ3v) is 5.39. The Hall–Kier alpha value is -1.75. The maximum Gasteiger partial charge on any atom is 0.236 e. The molecule has 0 radical (unpaired) electrons. The Morgan fingerprint density at radius 2 is 2.00 bits per heavy atom. The predicted octanol–water partition coefficient (Wildman–Crippen LogP) is 4.86. The highest BCUT2D eigenvalue weighted by molar-refractivity contribution is 7.13. The van der Waals surface area contributed by atoms with Gasteiger partial charge in [0.2, 0.25) is 5.91 Å². The van der Waals surface area contributed by atoms with E-state index in [0.717, 1.165) is 18.5 Å². The molecule has 1 aliphatic carbocycles. The van der Waals surface area contributed by atoms with Gasteiger partial charge in [0.15, 0.2) is 5.13 Å². The van der Waals surface area contributed by atoms with Crippen molar-refractivity contribution in [2.75, 3.05) is 5.32 Å². The molecule has 0 spiro atoms. The second-order valence-electron chi connectivity index (χ2n) is 6.46. The molecule has 1 amide bonds. The standard InChI is InChI=1S/C18H21FN2OS/c1-12(2)15-11-23-17(20-15)21-16(22)18(9-5-6-10-18)13-7-3-4-8-14(13)19/h3-4,7-8,11-12H,5-6,9-10H2,1-2H3,(H,20,21,22). The number of nitrogens with zero attached hydrogens (tertiary/aromatic N) is 1. The third-order valence-electron chi connectivity index (χ3n) is 4.62. The lowest BCUT2D eigenvalue weighted by molar-refractivity contribution is -0.121. The molecule has 5 heteroatoms. The Bertz CT molecular complexity index is 705. The van der Waals surface area contributed by atoms with Crippen molar-refractivity contribution in [3.8, 4) is 0 Å². The van der Waals surface area contributed by atoms with Crippen molar-refractivity contribution in [1.29, 1.82) is 0 Å². The minimum atomic E-state index is -0.769. The highest BCUT2D eigenvalue weighted by Crippen LogP contribution is 2.43. The molecule has 3 nitrogen and oxygen atoms in total. The van der Waals surface area contributed by atoms with Crippen LogP contribution in [-0.4, -0.2) is 10.9 Å². The van der Waals surface area contributed by atoms with Crippen molar-refractivity contribution in [3.05, 3.63) is 46.7 Å². The van der Waals surface area contributed by atoms with Crippen molar-refractivity contribution in [3.63, 3.8) is 0 Å². The Morgan fingerprint density at radius 1 is 1.30 bits per heavy atom. The first-order valence-electron chi connectivity index (χ1n) is 8.05. The number of thiazole rings is 1. The summed E-state index contributed by atoms with van der Waals surface area (Å²) in [6.45, 7) is 4.14. The van der Waals surface area contributed by atoms with Crippen LogP contribution in [0.1, 0.15) is 56.7 Å². The van der Waals surface area contributed by atoms with Crippen LogP contribution in [0.2, 0.25) is 0 Å². The molecule has 3 rings (SSSR count). The molecule has 0 unspecified atom stereocenters. The number of nitrogens with one attached hydrogen (secondary N) is 1. The van der Waals surface area contributed by atoms with Gasteiger partial charge in [-0.25, -0.2) is 9.37 Å². The number of anilines is 1. The predicted molar refractivity (Wildman–Crippen MR) is 91.4 cm³/mol. The molecule has 0 saturated heterocycles. The van der Waals surface area contributed by atoms with Gasteiger partial charge in [-0.2, -0.15) is 0 Å². The normalized spacial score (nSPS) is 16.7. The number of carbonyl (C=O) groups is 1. The van der Waals surface area contributed by atoms with E-state index >= 15 is 0 Å². The summed E-state index contributed by atoms with van der Waals surface area (Å²) in [5.41, 5.74) is 0.710. The van der Waals surface area contributed by atoms with Crippen LogP contribution in [0.5, 0.6) is 0 Å². The summed E-state index contributed by atoms with van der Waals surface area (Å²) in [6.07, 6.45) is 3.25. The molecular weight excluding hydrogens is 311 g/mol. The second-order valence-corrected chi connectivity index (χ2v) is 7.31. The molecule has 1 saturated carbocycles. The van der Waals surface area contributed by atoms with Crippen molar-refractivity contribution in [1.82, 2.24) is 4.98 Å². The van der Waals surface area contributed by atoms with Crippen molar-refractivity contribution < 1.29 is 9.18 Å². The first-order valence-corrected chi connectivity index (χ1v) is 8.93. The van der Waals surface area contributed by atoms with Gasteiger partial charge in [0.25, 0.3) is 0 Å². The van der Waals surface area contributed by atoms with Crippen LogP contribution in [-0.2, 0) is 10.2 Å². The highest BCUT2D eigenvalue weighted by atomic mass is 32.1. The topological polar surface area (TPSA) is 42.0 Å². The number of hydrogen-bond acceptors (Lipinski definition) is 3. The number of aromatic nitrogens is 1. The molecule has 1 heterocycles. The largest absolute Gasteiger partial charge is 0.301 e. The summed E-state index contributed by atoms with van der Waals surface area (Å²) >= 11 is 1.43. The molecule has 1 aliphatic rings. The van der Waals surface area contributed by atoms with Crippen LogP contribution in [0, 0.1) is 5.82 Å². The molecular formula is C18H21FN2OS. The lowest BCUT2D eigenvalue weighted by Crippen LogP contribution is -2.38. The third kappa shape index (κ3) is 3.02. The van der Waals surface area contributed by atoms with Crippen LogP contribution in [0.3, 0.4) is 0 Å². The Balaban J connectivity index is 1.89. The molecule has 0 aliphatic heterocycles. The van der Waals surface area contributed by atoms with Gasteiger partial charge in [-0.3, -0.25) is 4.79 Å². The average Bonchev–Trinajstić information content (AvgIpc) is 3.17. The minimum Gasteiger partial charge on any atom is -0.301 e. The molecule has 2 aromatic rings. The lowest BCUT2D eigenvalue weighted by Gasteiger charge is -2.28. The van der Waals surface area contributed by atoms with Crippen LogP contribution < -0.4 is 5.32 Å². The summed E-state index contributed by atoms with van der Waals surface area (Å²) in [6, 6.07) is 6.63. The minimum absolute atomic E-state index is 0.134. The molecule has 1 aromatic carbocycles. The molecule has 1 N–H and O–H groups in total. The van der Waals surface area contributed by atoms with E-state index < -0.39 is 5.41 Å². The van der Waals surface area contributed by atoms with E-state index in [9.17, 15) is 9.18 Å². The Kier molecular flexibility index (Phi) is 4.48. The number of rotatable bonds is 4. The van der Waals surface area contributed by atoms with E-state index in [1.54, 1.807) is 18.2 Å². The van der Waals surface area contributed by atoms with Crippen LogP contribution >= 0.6 is 11.3 Å². The quantitative estimate of drug-likeness (QED) is 0.869. The number of amides is 1. The molecule has 0 bridgehead atoms. The van der Waals surface area contributed by atoms with Gasteiger partial charge in [-0.15, -0.1) is 11.3 Å². The fourth-order valence-electron chi connectivity index (χ4n) is 3.27. The molecule has 122 valence electrons. The molecule has 23 heavy (non-hydrogen) atoms. The highest BCUT2D eigenvalue weighted by Gasteiger charge is 2.44. The Labute approximate surface area is 140 Å². The number of benzene rings is 1. The SMILES string of the molecule is CC(C)c1csc(NC(=O)C2(c3ccccc3F)CCCC2)n1. The zero-order valence-electron chi connectivity index (χ0n) is 13.4. The lowest BCUT2D eigenvalue weighted by atomic mass is 9.77. The van der Waals surface area contributed by atoms with E-state index in [1.165, 1.54) is 17.4 Å². The van der Waals surface area contributed by atoms with Gasteiger partial charge in [-0.1, -0.05) is 44.9 Å². The first kappa shape index (κ1) is 16.1. The summed E-state index contributed by atoms with van der Waals surface area (Å²) in [5.74, 6) is -0.111. The fourth-order valence-corrected chi connectivity index (χ4v) is 4.14. The zero-order chi connectivity index (χ0) is 16.4. The molecule has 1 aromatic heterocycles. The zero-order valence-corrected chi connectivity index (χ0v) is 14.3. The van der Waals surface area contributed by atoms with Crippen LogP contribution in [0.15, 0.2) is 29.6 Å². The summed E-state index contributed by atoms with van der Waals surface area (Å²) in [4.78, 5) is 17.4. The summed E-state index contributed by atoms with van der Waals surface area (Å²) in [5, 5.41) is 5.49. The van der Waals surface area contributed by atoms with Gasteiger partial charge in [-0.05, 0) is 24.8 Å². The summed E-state index contributed by atoms with van der Waals surface area (Å²) < 4.78 is 14.3. The smallest absolute Gasteiger partial charge is 0.236 e. The molecule has 1 fully saturated rings. The van der Waals surface area contributed by atoms with E-state index in [4.69, 9.17) is 0 Å². The number of halogens is 1. The van der Waals surface area contributed by atoms with Gasteiger partial charge < -0.3 is 5.32 Å². The van der Waals surface area contributed by atoms with Gasteiger partial charge in [0, 0.05) is 10.9 Å². The second kappa shape index (κ2) is 6.40. The van der Waals surface area contributed by atoms with E-state index in [0.29, 0.717) is 29.5 Å². The van der Waals surface area contributed by atoms with Crippen molar-refractivity contribution in [2.45, 2.75) is 50.9 Å². The maximum absolute atomic E-state index is 14.3. The number of carbonyl (C=O) groups excluding carboxylic acids is 1. The molecule has 0 atom stereocenters. The first-order chi connectivity index (χ1) is 11.0. The number of hydrogen-bond donors (Lipinski definition) is 1. The van der Waals surface area contributed by atoms with Gasteiger partial charge in [0.05, 0.1) is 11.1 Å². The Morgan fingerprint density at radius 3 is 2.61 bits per heavy atom. The van der Waals surface area contributed by atoms with E-state index in [1.807, 2.05) is 5.38 Å². The van der Waals surface area contributed by atoms with Gasteiger partial charge in [0.1, 0.15) is 5.82 Å². The monoisotopic (exact) mass is 332 g/mol. The van der Waals surface area contributed by atoms with Crippen molar-refractivity contribution in [2.24, 2.45) is 0 Å². The maximum atomic E-state index is 14.3. The summed E-state index contributed by atoms with van der Waals surface area (Å²) in [7, 11) is 0. The van der Waals surface area contributed by atoms with E-state index in [-0.39, 0.29) is 11.7 Å². The van der Waals surface area contributed by atoms with Gasteiger partial charge >= 0.3 is 0 Å².